The smallest absolute Gasteiger partial charge is 0.212 e. The van der Waals surface area contributed by atoms with E-state index in [1.165, 1.54) is 11.8 Å². The molecule has 0 aromatic heterocycles. The van der Waals surface area contributed by atoms with E-state index in [0.29, 0.717) is 23.9 Å². The van der Waals surface area contributed by atoms with Crippen LogP contribution >= 0.6 is 11.8 Å². The highest BCUT2D eigenvalue weighted by atomic mass is 32.2. The maximum absolute atomic E-state index is 12.0. The van der Waals surface area contributed by atoms with Crippen LogP contribution in [-0.4, -0.2) is 26.5 Å². The van der Waals surface area contributed by atoms with Crippen molar-refractivity contribution in [3.8, 4) is 0 Å². The summed E-state index contributed by atoms with van der Waals surface area (Å²) in [4.78, 5) is 1.01. The van der Waals surface area contributed by atoms with Gasteiger partial charge in [0.05, 0.1) is 5.75 Å². The first-order valence-corrected chi connectivity index (χ1v) is 9.92. The highest BCUT2D eigenvalue weighted by Gasteiger charge is 2.45. The van der Waals surface area contributed by atoms with E-state index in [-0.39, 0.29) is 11.2 Å². The van der Waals surface area contributed by atoms with Crippen LogP contribution in [0.2, 0.25) is 0 Å². The Kier molecular flexibility index (Phi) is 5.22. The molecule has 3 N–H and O–H groups in total. The Morgan fingerprint density at radius 2 is 2.10 bits per heavy atom. The van der Waals surface area contributed by atoms with Crippen LogP contribution in [0.1, 0.15) is 26.7 Å². The average Bonchev–Trinajstić information content (AvgIpc) is 3.18. The molecule has 0 bridgehead atoms. The van der Waals surface area contributed by atoms with Crippen LogP contribution in [0.4, 0.5) is 5.69 Å². The fraction of sp³-hybridized carbons (Fsp3) is 0.600. The molecule has 4 nitrogen and oxygen atoms in total. The molecule has 1 saturated carbocycles. The molecular weight excluding hydrogens is 304 g/mol. The summed E-state index contributed by atoms with van der Waals surface area (Å²) in [6.45, 7) is 4.91. The molecule has 0 amide bonds. The molecule has 1 fully saturated rings. The third-order valence-corrected chi connectivity index (χ3v) is 6.82. The first kappa shape index (κ1) is 16.6. The summed E-state index contributed by atoms with van der Waals surface area (Å²) >= 11 is 1.52. The fourth-order valence-corrected chi connectivity index (χ4v) is 4.81. The van der Waals surface area contributed by atoms with Crippen molar-refractivity contribution in [3.63, 3.8) is 0 Å². The third kappa shape index (κ3) is 4.90. The molecule has 6 heteroatoms. The van der Waals surface area contributed by atoms with Crippen LogP contribution in [0, 0.1) is 11.3 Å². The highest BCUT2D eigenvalue weighted by Crippen LogP contribution is 2.51. The van der Waals surface area contributed by atoms with Gasteiger partial charge in [0.1, 0.15) is 0 Å². The Morgan fingerprint density at radius 1 is 1.38 bits per heavy atom. The quantitative estimate of drug-likeness (QED) is 0.568. The first-order chi connectivity index (χ1) is 9.83. The lowest BCUT2D eigenvalue weighted by molar-refractivity contribution is 0.357. The van der Waals surface area contributed by atoms with Crippen molar-refractivity contribution in [2.24, 2.45) is 11.3 Å². The van der Waals surface area contributed by atoms with Gasteiger partial charge in [-0.2, -0.15) is 0 Å². The van der Waals surface area contributed by atoms with Crippen molar-refractivity contribution < 1.29 is 8.42 Å². The van der Waals surface area contributed by atoms with E-state index in [4.69, 9.17) is 5.73 Å². The van der Waals surface area contributed by atoms with Gasteiger partial charge in [-0.05, 0) is 42.4 Å². The Hall–Kier alpha value is -0.720. The van der Waals surface area contributed by atoms with Crippen LogP contribution in [0.15, 0.2) is 29.2 Å². The first-order valence-electron chi connectivity index (χ1n) is 7.29. The molecule has 1 aromatic rings. The van der Waals surface area contributed by atoms with Crippen molar-refractivity contribution in [3.05, 3.63) is 24.3 Å². The van der Waals surface area contributed by atoms with Crippen molar-refractivity contribution in [1.29, 1.82) is 0 Å². The Morgan fingerprint density at radius 3 is 2.67 bits per heavy atom. The molecule has 21 heavy (non-hydrogen) atoms. The second-order valence-electron chi connectivity index (χ2n) is 6.08. The van der Waals surface area contributed by atoms with Gasteiger partial charge in [0, 0.05) is 22.9 Å². The zero-order valence-electron chi connectivity index (χ0n) is 12.6. The van der Waals surface area contributed by atoms with E-state index in [1.54, 1.807) is 0 Å². The lowest BCUT2D eigenvalue weighted by Gasteiger charge is -2.19. The average molecular weight is 329 g/mol. The van der Waals surface area contributed by atoms with Crippen LogP contribution in [0.25, 0.3) is 0 Å². The molecule has 118 valence electrons. The second kappa shape index (κ2) is 6.58. The van der Waals surface area contributed by atoms with E-state index in [9.17, 15) is 8.42 Å². The molecular formula is C15H24N2O2S2. The van der Waals surface area contributed by atoms with E-state index in [2.05, 4.69) is 18.6 Å². The Labute approximate surface area is 131 Å². The topological polar surface area (TPSA) is 72.2 Å². The van der Waals surface area contributed by atoms with E-state index in [0.717, 1.165) is 17.7 Å². The molecule has 0 unspecified atom stereocenters. The molecule has 0 aliphatic heterocycles. The summed E-state index contributed by atoms with van der Waals surface area (Å²) in [5, 5.41) is 0. The van der Waals surface area contributed by atoms with E-state index >= 15 is 0 Å². The number of nitrogens with two attached hydrogens (primary N) is 1. The minimum absolute atomic E-state index is 0.140. The summed E-state index contributed by atoms with van der Waals surface area (Å²) in [6.07, 6.45) is 2.26. The van der Waals surface area contributed by atoms with Gasteiger partial charge in [-0.1, -0.05) is 19.9 Å². The molecule has 0 spiro atoms. The van der Waals surface area contributed by atoms with E-state index in [1.807, 2.05) is 24.3 Å². The van der Waals surface area contributed by atoms with E-state index < -0.39 is 10.0 Å². The van der Waals surface area contributed by atoms with Gasteiger partial charge in [0.2, 0.25) is 10.0 Å². The molecule has 0 saturated heterocycles. The number of anilines is 1. The molecule has 0 heterocycles. The monoisotopic (exact) mass is 328 g/mol. The minimum Gasteiger partial charge on any atom is -0.399 e. The maximum atomic E-state index is 12.0. The van der Waals surface area contributed by atoms with Crippen LogP contribution < -0.4 is 10.5 Å². The number of thioether (sulfide) groups is 1. The normalized spacial score (nSPS) is 17.1. The van der Waals surface area contributed by atoms with Gasteiger partial charge in [-0.25, -0.2) is 13.1 Å². The summed E-state index contributed by atoms with van der Waals surface area (Å²) in [7, 11) is -3.19. The van der Waals surface area contributed by atoms with Crippen LogP contribution in [-0.2, 0) is 10.0 Å². The highest BCUT2D eigenvalue weighted by molar-refractivity contribution is 8.00. The van der Waals surface area contributed by atoms with Gasteiger partial charge in [0.25, 0.3) is 0 Å². The largest absolute Gasteiger partial charge is 0.399 e. The Balaban J connectivity index is 1.77. The predicted molar refractivity (Wildman–Crippen MR) is 89.9 cm³/mol. The minimum atomic E-state index is -3.19. The van der Waals surface area contributed by atoms with Crippen LogP contribution in [0.5, 0.6) is 0 Å². The molecule has 1 aliphatic rings. The number of hydrogen-bond acceptors (Lipinski definition) is 4. The maximum Gasteiger partial charge on any atom is 0.212 e. The second-order valence-corrected chi connectivity index (χ2v) is 9.17. The van der Waals surface area contributed by atoms with Gasteiger partial charge in [-0.15, -0.1) is 11.8 Å². The fourth-order valence-electron chi connectivity index (χ4n) is 2.32. The molecule has 1 aromatic carbocycles. The molecule has 1 aliphatic carbocycles. The van der Waals surface area contributed by atoms with Crippen molar-refractivity contribution in [1.82, 2.24) is 4.72 Å². The predicted octanol–water partition coefficient (Wildman–Crippen LogP) is 2.72. The van der Waals surface area contributed by atoms with Gasteiger partial charge >= 0.3 is 0 Å². The number of rotatable bonds is 8. The standard InChI is InChI=1S/C15H24N2O2S2/c1-12(2)15(6-7-15)11-17-21(18,19)9-8-20-14-5-3-4-13(16)10-14/h3-5,10,12,17H,6-9,11,16H2,1-2H3. The van der Waals surface area contributed by atoms with Crippen LogP contribution in [0.3, 0.4) is 0 Å². The lowest BCUT2D eigenvalue weighted by Crippen LogP contribution is -2.34. The molecule has 2 rings (SSSR count). The number of nitrogens with one attached hydrogen (secondary N) is 1. The summed E-state index contributed by atoms with van der Waals surface area (Å²) in [6, 6.07) is 7.51. The van der Waals surface area contributed by atoms with Gasteiger partial charge in [-0.3, -0.25) is 0 Å². The number of benzene rings is 1. The van der Waals surface area contributed by atoms with Gasteiger partial charge in [0.15, 0.2) is 0 Å². The summed E-state index contributed by atoms with van der Waals surface area (Å²) in [5.41, 5.74) is 6.61. The number of hydrogen-bond donors (Lipinski definition) is 2. The number of sulfonamides is 1. The van der Waals surface area contributed by atoms with Gasteiger partial charge < -0.3 is 5.73 Å². The summed E-state index contributed by atoms with van der Waals surface area (Å²) in [5.74, 6) is 1.20. The zero-order valence-corrected chi connectivity index (χ0v) is 14.3. The Bertz CT molecular complexity index is 581. The molecule has 0 radical (unpaired) electrons. The van der Waals surface area contributed by atoms with Crippen molar-refractivity contribution in [2.75, 3.05) is 23.8 Å². The summed E-state index contributed by atoms with van der Waals surface area (Å²) < 4.78 is 26.8. The zero-order chi connectivity index (χ0) is 15.5. The lowest BCUT2D eigenvalue weighted by atomic mass is 9.93. The third-order valence-electron chi connectivity index (χ3n) is 4.24. The number of nitrogen functional groups attached to an aromatic ring is 1. The molecule has 0 atom stereocenters. The van der Waals surface area contributed by atoms with Crippen molar-refractivity contribution >= 4 is 27.5 Å². The van der Waals surface area contributed by atoms with Crippen molar-refractivity contribution in [2.45, 2.75) is 31.6 Å². The SMILES string of the molecule is CC(C)C1(CNS(=O)(=O)CCSc2cccc(N)c2)CC1.